The maximum Gasteiger partial charge on any atom is 0.251 e. The number of anilines is 1. The second-order valence-electron chi connectivity index (χ2n) is 3.35. The smallest absolute Gasteiger partial charge is 0.251 e. The van der Waals surface area contributed by atoms with Crippen molar-refractivity contribution in [3.63, 3.8) is 0 Å². The fourth-order valence-corrected chi connectivity index (χ4v) is 2.60. The van der Waals surface area contributed by atoms with Gasteiger partial charge in [-0.05, 0) is 40.7 Å². The number of nitrogens with two attached hydrogens (primary N) is 1. The number of hydrogen-bond donors (Lipinski definition) is 2. The Kier molecular flexibility index (Phi) is 3.49. The number of aromatic amines is 1. The molecule has 17 heavy (non-hydrogen) atoms. The van der Waals surface area contributed by atoms with E-state index in [9.17, 15) is 4.79 Å². The van der Waals surface area contributed by atoms with Gasteiger partial charge in [-0.2, -0.15) is 0 Å². The molecule has 2 heterocycles. The molecule has 7 heteroatoms. The number of nitrogen functional groups attached to an aromatic ring is 1. The summed E-state index contributed by atoms with van der Waals surface area (Å²) in [5.41, 5.74) is 6.66. The molecule has 0 atom stereocenters. The van der Waals surface area contributed by atoms with Crippen molar-refractivity contribution in [2.45, 2.75) is 17.1 Å². The number of nitrogens with zero attached hydrogens (tertiary/aromatic N) is 2. The van der Waals surface area contributed by atoms with Crippen molar-refractivity contribution < 1.29 is 0 Å². The Labute approximate surface area is 110 Å². The van der Waals surface area contributed by atoms with E-state index in [0.29, 0.717) is 21.6 Å². The summed E-state index contributed by atoms with van der Waals surface area (Å²) < 4.78 is 0.770. The zero-order chi connectivity index (χ0) is 12.4. The third-order valence-corrected chi connectivity index (χ3v) is 3.64. The molecule has 0 saturated heterocycles. The average Bonchev–Trinajstić information content (AvgIpc) is 2.21. The van der Waals surface area contributed by atoms with E-state index in [0.717, 1.165) is 4.47 Å². The van der Waals surface area contributed by atoms with E-state index in [1.807, 2.05) is 0 Å². The molecule has 2 aromatic heterocycles. The monoisotopic (exact) mass is 312 g/mol. The highest BCUT2D eigenvalue weighted by Gasteiger charge is 2.07. The van der Waals surface area contributed by atoms with Crippen LogP contribution in [-0.4, -0.2) is 15.0 Å². The van der Waals surface area contributed by atoms with Crippen LogP contribution in [0.15, 0.2) is 37.8 Å². The third-order valence-electron chi connectivity index (χ3n) is 1.87. The number of hydrogen-bond acceptors (Lipinski definition) is 5. The summed E-state index contributed by atoms with van der Waals surface area (Å²) in [7, 11) is 0. The van der Waals surface area contributed by atoms with E-state index in [1.54, 1.807) is 19.2 Å². The molecule has 0 aliphatic heterocycles. The summed E-state index contributed by atoms with van der Waals surface area (Å²) in [6.45, 7) is 1.77. The van der Waals surface area contributed by atoms with Crippen molar-refractivity contribution in [3.05, 3.63) is 38.9 Å². The fraction of sp³-hybridized carbons (Fsp3) is 0.100. The number of pyridine rings is 1. The van der Waals surface area contributed by atoms with Crippen LogP contribution >= 0.6 is 27.7 Å². The highest BCUT2D eigenvalue weighted by atomic mass is 79.9. The lowest BCUT2D eigenvalue weighted by atomic mass is 10.4. The molecule has 88 valence electrons. The third kappa shape index (κ3) is 3.07. The Morgan fingerprint density at radius 3 is 2.88 bits per heavy atom. The summed E-state index contributed by atoms with van der Waals surface area (Å²) in [5, 5.41) is 1.21. The number of nitrogens with one attached hydrogen (secondary N) is 1. The molecule has 0 amide bonds. The predicted molar refractivity (Wildman–Crippen MR) is 70.1 cm³/mol. The van der Waals surface area contributed by atoms with Crippen LogP contribution in [0.2, 0.25) is 0 Å². The number of halogens is 1. The molecule has 0 aromatic carbocycles. The summed E-state index contributed by atoms with van der Waals surface area (Å²) in [6, 6.07) is 3.19. The summed E-state index contributed by atoms with van der Waals surface area (Å²) in [6.07, 6.45) is 1.56. The molecular weight excluding hydrogens is 304 g/mol. The van der Waals surface area contributed by atoms with E-state index in [2.05, 4.69) is 30.9 Å². The van der Waals surface area contributed by atoms with E-state index in [4.69, 9.17) is 5.73 Å². The van der Waals surface area contributed by atoms with Crippen LogP contribution in [-0.2, 0) is 0 Å². The number of aromatic nitrogens is 3. The summed E-state index contributed by atoms with van der Waals surface area (Å²) in [4.78, 5) is 22.3. The lowest BCUT2D eigenvalue weighted by Crippen LogP contribution is -2.08. The topological polar surface area (TPSA) is 84.7 Å². The first-order valence-electron chi connectivity index (χ1n) is 4.71. The Morgan fingerprint density at radius 2 is 2.24 bits per heavy atom. The van der Waals surface area contributed by atoms with Gasteiger partial charge in [0.05, 0.1) is 16.4 Å². The van der Waals surface area contributed by atoms with Gasteiger partial charge in [0.1, 0.15) is 5.03 Å². The first-order valence-corrected chi connectivity index (χ1v) is 6.32. The van der Waals surface area contributed by atoms with Crippen LogP contribution in [0, 0.1) is 6.92 Å². The van der Waals surface area contributed by atoms with Crippen molar-refractivity contribution in [2.75, 3.05) is 5.73 Å². The van der Waals surface area contributed by atoms with Gasteiger partial charge >= 0.3 is 0 Å². The molecule has 2 aromatic rings. The predicted octanol–water partition coefficient (Wildman–Crippen LogP) is 1.97. The average molecular weight is 313 g/mol. The molecule has 0 saturated carbocycles. The second-order valence-corrected chi connectivity index (χ2v) is 5.18. The van der Waals surface area contributed by atoms with Gasteiger partial charge in [-0.15, -0.1) is 0 Å². The fourth-order valence-electron chi connectivity index (χ4n) is 1.21. The van der Waals surface area contributed by atoms with Gasteiger partial charge in [-0.3, -0.25) is 4.79 Å². The maximum atomic E-state index is 11.3. The first kappa shape index (κ1) is 12.1. The summed E-state index contributed by atoms with van der Waals surface area (Å²) >= 11 is 4.63. The van der Waals surface area contributed by atoms with E-state index in [-0.39, 0.29) is 5.56 Å². The van der Waals surface area contributed by atoms with Crippen molar-refractivity contribution in [2.24, 2.45) is 0 Å². The largest absolute Gasteiger partial charge is 0.397 e. The Balaban J connectivity index is 2.34. The van der Waals surface area contributed by atoms with Crippen LogP contribution in [0.3, 0.4) is 0 Å². The molecule has 2 rings (SSSR count). The molecule has 5 nitrogen and oxygen atoms in total. The van der Waals surface area contributed by atoms with Crippen LogP contribution < -0.4 is 11.3 Å². The van der Waals surface area contributed by atoms with Crippen LogP contribution in [0.1, 0.15) is 5.69 Å². The van der Waals surface area contributed by atoms with Crippen molar-refractivity contribution >= 4 is 33.4 Å². The Hall–Kier alpha value is -1.34. The van der Waals surface area contributed by atoms with E-state index < -0.39 is 0 Å². The molecule has 0 unspecified atom stereocenters. The lowest BCUT2D eigenvalue weighted by Gasteiger charge is -2.03. The van der Waals surface area contributed by atoms with Gasteiger partial charge in [-0.1, -0.05) is 0 Å². The van der Waals surface area contributed by atoms with Gasteiger partial charge in [-0.25, -0.2) is 9.97 Å². The molecule has 0 bridgehead atoms. The van der Waals surface area contributed by atoms with Crippen LogP contribution in [0.25, 0.3) is 0 Å². The van der Waals surface area contributed by atoms with E-state index >= 15 is 0 Å². The molecule has 0 fully saturated rings. The highest BCUT2D eigenvalue weighted by molar-refractivity contribution is 9.10. The SMILES string of the molecule is Cc1cc(=O)[nH]c(Sc2ncc(N)cc2Br)n1. The normalized spacial score (nSPS) is 10.5. The number of aryl methyl sites for hydroxylation is 1. The van der Waals surface area contributed by atoms with Gasteiger partial charge in [0.25, 0.3) is 5.56 Å². The molecule has 0 radical (unpaired) electrons. The van der Waals surface area contributed by atoms with Crippen LogP contribution in [0.5, 0.6) is 0 Å². The minimum atomic E-state index is -0.174. The maximum absolute atomic E-state index is 11.3. The second kappa shape index (κ2) is 4.89. The van der Waals surface area contributed by atoms with Gasteiger partial charge in [0, 0.05) is 11.8 Å². The standard InChI is InChI=1S/C10H9BrN4OS/c1-5-2-8(16)15-10(14-5)17-9-7(11)3-6(12)4-13-9/h2-4H,12H2,1H3,(H,14,15,16). The van der Waals surface area contributed by atoms with Crippen molar-refractivity contribution in [1.29, 1.82) is 0 Å². The highest BCUT2D eigenvalue weighted by Crippen LogP contribution is 2.30. The number of H-pyrrole nitrogens is 1. The molecule has 0 aliphatic carbocycles. The Morgan fingerprint density at radius 1 is 1.47 bits per heavy atom. The van der Waals surface area contributed by atoms with Gasteiger partial charge in [0.15, 0.2) is 5.16 Å². The van der Waals surface area contributed by atoms with Crippen LogP contribution in [0.4, 0.5) is 5.69 Å². The molecule has 0 spiro atoms. The number of rotatable bonds is 2. The zero-order valence-corrected chi connectivity index (χ0v) is 11.3. The summed E-state index contributed by atoms with van der Waals surface area (Å²) in [5.74, 6) is 0. The first-order chi connectivity index (χ1) is 8.04. The zero-order valence-electron chi connectivity index (χ0n) is 8.90. The van der Waals surface area contributed by atoms with E-state index in [1.165, 1.54) is 17.8 Å². The molecular formula is C10H9BrN4OS. The van der Waals surface area contributed by atoms with Gasteiger partial charge in [0.2, 0.25) is 0 Å². The lowest BCUT2D eigenvalue weighted by molar-refractivity contribution is 0.901. The Bertz CT molecular complexity index is 613. The molecule has 3 N–H and O–H groups in total. The van der Waals surface area contributed by atoms with Crippen molar-refractivity contribution in [3.8, 4) is 0 Å². The minimum Gasteiger partial charge on any atom is -0.397 e. The molecule has 0 aliphatic rings. The van der Waals surface area contributed by atoms with Gasteiger partial charge < -0.3 is 10.7 Å². The minimum absolute atomic E-state index is 0.174. The quantitative estimate of drug-likeness (QED) is 0.828. The van der Waals surface area contributed by atoms with Crippen molar-refractivity contribution in [1.82, 2.24) is 15.0 Å².